The number of rotatable bonds is 2. The lowest BCUT2D eigenvalue weighted by atomic mass is 10.1. The summed E-state index contributed by atoms with van der Waals surface area (Å²) in [6.07, 6.45) is 0. The first-order valence-corrected chi connectivity index (χ1v) is 6.15. The van der Waals surface area contributed by atoms with Gasteiger partial charge in [0.1, 0.15) is 0 Å². The molecule has 0 radical (unpaired) electrons. The maximum atomic E-state index is 13.6. The lowest BCUT2D eigenvalue weighted by Crippen LogP contribution is -1.89. The molecular formula is C13H8Cl3FO. The molecule has 2 rings (SSSR count). The maximum Gasteiger partial charge on any atom is 0.165 e. The minimum Gasteiger partial charge on any atom is -0.494 e. The van der Waals surface area contributed by atoms with Crippen molar-refractivity contribution in [1.82, 2.24) is 0 Å². The minimum absolute atomic E-state index is 0.176. The second-order valence-electron chi connectivity index (χ2n) is 3.57. The summed E-state index contributed by atoms with van der Waals surface area (Å²) in [6.45, 7) is 0. The van der Waals surface area contributed by atoms with Gasteiger partial charge in [0.05, 0.1) is 22.2 Å². The molecule has 0 bridgehead atoms. The molecule has 0 amide bonds. The van der Waals surface area contributed by atoms with Gasteiger partial charge in [0.15, 0.2) is 11.6 Å². The summed E-state index contributed by atoms with van der Waals surface area (Å²) < 4.78 is 18.5. The van der Waals surface area contributed by atoms with E-state index < -0.39 is 5.82 Å². The van der Waals surface area contributed by atoms with E-state index in [1.807, 2.05) is 0 Å². The molecule has 0 spiro atoms. The molecule has 0 saturated heterocycles. The van der Waals surface area contributed by atoms with Gasteiger partial charge in [-0.05, 0) is 23.8 Å². The van der Waals surface area contributed by atoms with E-state index in [2.05, 4.69) is 0 Å². The highest BCUT2D eigenvalue weighted by Crippen LogP contribution is 2.38. The van der Waals surface area contributed by atoms with Gasteiger partial charge in [-0.1, -0.05) is 46.9 Å². The largest absolute Gasteiger partial charge is 0.494 e. The van der Waals surface area contributed by atoms with Crippen LogP contribution in [0.5, 0.6) is 5.75 Å². The van der Waals surface area contributed by atoms with Crippen LogP contribution in [0.25, 0.3) is 11.1 Å². The Morgan fingerprint density at radius 2 is 1.72 bits per heavy atom. The second-order valence-corrected chi connectivity index (χ2v) is 4.74. The Kier molecular flexibility index (Phi) is 4.00. The SMILES string of the molecule is COc1ccc(-c2ccc(Cl)c(Cl)c2Cl)cc1F. The number of hydrogen-bond donors (Lipinski definition) is 0. The van der Waals surface area contributed by atoms with Gasteiger partial charge in [-0.2, -0.15) is 0 Å². The van der Waals surface area contributed by atoms with Gasteiger partial charge in [-0.25, -0.2) is 4.39 Å². The van der Waals surface area contributed by atoms with Crippen LogP contribution in [0.2, 0.25) is 15.1 Å². The highest BCUT2D eigenvalue weighted by molar-refractivity contribution is 6.49. The highest BCUT2D eigenvalue weighted by atomic mass is 35.5. The third-order valence-corrected chi connectivity index (χ3v) is 3.79. The molecule has 0 aliphatic carbocycles. The molecule has 0 unspecified atom stereocenters. The molecule has 0 saturated carbocycles. The molecule has 5 heteroatoms. The molecule has 0 heterocycles. The molecule has 0 aliphatic heterocycles. The zero-order chi connectivity index (χ0) is 13.3. The summed E-state index contributed by atoms with van der Waals surface area (Å²) >= 11 is 17.9. The average Bonchev–Trinajstić information content (AvgIpc) is 2.36. The fraction of sp³-hybridized carbons (Fsp3) is 0.0769. The van der Waals surface area contributed by atoms with E-state index in [-0.39, 0.29) is 10.8 Å². The average molecular weight is 306 g/mol. The van der Waals surface area contributed by atoms with E-state index in [0.717, 1.165) is 0 Å². The van der Waals surface area contributed by atoms with Gasteiger partial charge in [0.25, 0.3) is 0 Å². The number of methoxy groups -OCH3 is 1. The van der Waals surface area contributed by atoms with Gasteiger partial charge in [0, 0.05) is 5.56 Å². The molecule has 0 aliphatic rings. The molecule has 18 heavy (non-hydrogen) atoms. The first-order chi connectivity index (χ1) is 8.54. The van der Waals surface area contributed by atoms with E-state index in [4.69, 9.17) is 39.5 Å². The molecule has 94 valence electrons. The third-order valence-electron chi connectivity index (χ3n) is 2.50. The van der Waals surface area contributed by atoms with Crippen LogP contribution in [0.3, 0.4) is 0 Å². The molecule has 1 nitrogen and oxygen atoms in total. The zero-order valence-corrected chi connectivity index (χ0v) is 11.6. The molecule has 2 aromatic carbocycles. The number of benzene rings is 2. The Morgan fingerprint density at radius 3 is 2.33 bits per heavy atom. The molecule has 0 N–H and O–H groups in total. The monoisotopic (exact) mass is 304 g/mol. The van der Waals surface area contributed by atoms with Crippen molar-refractivity contribution in [1.29, 1.82) is 0 Å². The van der Waals surface area contributed by atoms with E-state index >= 15 is 0 Å². The first-order valence-electron chi connectivity index (χ1n) is 5.02. The van der Waals surface area contributed by atoms with E-state index in [1.165, 1.54) is 19.2 Å². The molecule has 0 fully saturated rings. The predicted octanol–water partition coefficient (Wildman–Crippen LogP) is 5.46. The molecule has 2 aromatic rings. The minimum atomic E-state index is -0.461. The van der Waals surface area contributed by atoms with E-state index in [0.29, 0.717) is 21.2 Å². The van der Waals surface area contributed by atoms with Crippen LogP contribution in [0.1, 0.15) is 0 Å². The molecule has 0 atom stereocenters. The standard InChI is InChI=1S/C13H8Cl3FO/c1-18-11-5-2-7(6-10(11)17)8-3-4-9(14)13(16)12(8)15/h2-6H,1H3. The van der Waals surface area contributed by atoms with Crippen molar-refractivity contribution in [2.24, 2.45) is 0 Å². The lowest BCUT2D eigenvalue weighted by Gasteiger charge is -2.09. The van der Waals surface area contributed by atoms with Crippen LogP contribution in [0, 0.1) is 5.82 Å². The highest BCUT2D eigenvalue weighted by Gasteiger charge is 2.12. The van der Waals surface area contributed by atoms with Gasteiger partial charge >= 0.3 is 0 Å². The van der Waals surface area contributed by atoms with Crippen molar-refractivity contribution < 1.29 is 9.13 Å². The quantitative estimate of drug-likeness (QED) is 0.669. The number of halogens is 4. The summed E-state index contributed by atoms with van der Waals surface area (Å²) in [5.41, 5.74) is 1.23. The third kappa shape index (κ3) is 2.41. The summed E-state index contributed by atoms with van der Waals surface area (Å²) in [7, 11) is 1.41. The predicted molar refractivity (Wildman–Crippen MR) is 73.4 cm³/mol. The number of ether oxygens (including phenoxy) is 1. The van der Waals surface area contributed by atoms with E-state index in [1.54, 1.807) is 18.2 Å². The fourth-order valence-corrected chi connectivity index (χ4v) is 2.23. The number of hydrogen-bond acceptors (Lipinski definition) is 1. The van der Waals surface area contributed by atoms with Crippen LogP contribution in [-0.4, -0.2) is 7.11 Å². The fourth-order valence-electron chi connectivity index (χ4n) is 1.58. The van der Waals surface area contributed by atoms with E-state index in [9.17, 15) is 4.39 Å². The van der Waals surface area contributed by atoms with Crippen molar-refractivity contribution in [2.45, 2.75) is 0 Å². The second kappa shape index (κ2) is 5.35. The van der Waals surface area contributed by atoms with Crippen molar-refractivity contribution in [3.8, 4) is 16.9 Å². The van der Waals surface area contributed by atoms with Crippen LogP contribution in [-0.2, 0) is 0 Å². The smallest absolute Gasteiger partial charge is 0.165 e. The summed E-state index contributed by atoms with van der Waals surface area (Å²) in [5, 5.41) is 0.917. The van der Waals surface area contributed by atoms with Crippen LogP contribution >= 0.6 is 34.8 Å². The Labute approximate surface area is 119 Å². The van der Waals surface area contributed by atoms with Gasteiger partial charge < -0.3 is 4.74 Å². The lowest BCUT2D eigenvalue weighted by molar-refractivity contribution is 0.386. The maximum absolute atomic E-state index is 13.6. The van der Waals surface area contributed by atoms with Crippen molar-refractivity contribution in [2.75, 3.05) is 7.11 Å². The van der Waals surface area contributed by atoms with Crippen molar-refractivity contribution >= 4 is 34.8 Å². The van der Waals surface area contributed by atoms with Crippen molar-refractivity contribution in [3.63, 3.8) is 0 Å². The first kappa shape index (κ1) is 13.5. The normalized spacial score (nSPS) is 10.5. The Hall–Kier alpha value is -0.960. The van der Waals surface area contributed by atoms with Gasteiger partial charge in [-0.15, -0.1) is 0 Å². The Balaban J connectivity index is 2.56. The summed E-state index contributed by atoms with van der Waals surface area (Å²) in [6, 6.07) is 7.88. The van der Waals surface area contributed by atoms with Gasteiger partial charge in [-0.3, -0.25) is 0 Å². The molecule has 0 aromatic heterocycles. The summed E-state index contributed by atoms with van der Waals surface area (Å²) in [4.78, 5) is 0. The van der Waals surface area contributed by atoms with Crippen LogP contribution in [0.4, 0.5) is 4.39 Å². The van der Waals surface area contributed by atoms with Crippen molar-refractivity contribution in [3.05, 3.63) is 51.2 Å². The summed E-state index contributed by atoms with van der Waals surface area (Å²) in [5.74, 6) is -0.285. The Morgan fingerprint density at radius 1 is 1.00 bits per heavy atom. The van der Waals surface area contributed by atoms with Gasteiger partial charge in [0.2, 0.25) is 0 Å². The van der Waals surface area contributed by atoms with Crippen LogP contribution in [0.15, 0.2) is 30.3 Å². The topological polar surface area (TPSA) is 9.23 Å². The zero-order valence-electron chi connectivity index (χ0n) is 9.31. The Bertz CT molecular complexity index is 599. The molecular weight excluding hydrogens is 297 g/mol. The van der Waals surface area contributed by atoms with Crippen LogP contribution < -0.4 is 4.74 Å².